The van der Waals surface area contributed by atoms with Gasteiger partial charge in [0.2, 0.25) is 21.8 Å². The highest BCUT2D eigenvalue weighted by molar-refractivity contribution is 7.89. The molecule has 1 saturated heterocycles. The highest BCUT2D eigenvalue weighted by Crippen LogP contribution is 2.31. The zero-order chi connectivity index (χ0) is 22.2. The first-order chi connectivity index (χ1) is 14.8. The molecule has 0 aromatic heterocycles. The molecular formula is C23H27N3O4S. The molecule has 2 N–H and O–H groups in total. The second kappa shape index (κ2) is 8.43. The molecule has 1 unspecified atom stereocenters. The van der Waals surface area contributed by atoms with Crippen molar-refractivity contribution < 1.29 is 18.0 Å². The number of benzene rings is 2. The van der Waals surface area contributed by atoms with Gasteiger partial charge in [-0.05, 0) is 80.5 Å². The van der Waals surface area contributed by atoms with Crippen molar-refractivity contribution in [2.75, 3.05) is 17.2 Å². The van der Waals surface area contributed by atoms with Gasteiger partial charge in [0.25, 0.3) is 0 Å². The molecule has 4 rings (SSSR count). The molecular weight excluding hydrogens is 414 g/mol. The quantitative estimate of drug-likeness (QED) is 0.760. The number of carbonyl (C=O) groups is 2. The second-order valence-electron chi connectivity index (χ2n) is 8.23. The summed E-state index contributed by atoms with van der Waals surface area (Å²) in [4.78, 5) is 24.9. The van der Waals surface area contributed by atoms with E-state index in [2.05, 4.69) is 10.6 Å². The molecule has 1 fully saturated rings. The normalized spacial score (nSPS) is 19.4. The van der Waals surface area contributed by atoms with Gasteiger partial charge < -0.3 is 10.6 Å². The predicted molar refractivity (Wildman–Crippen MR) is 119 cm³/mol. The number of hydrogen-bond acceptors (Lipinski definition) is 4. The van der Waals surface area contributed by atoms with Gasteiger partial charge in [0.05, 0.1) is 4.90 Å². The second-order valence-corrected chi connectivity index (χ2v) is 10.1. The lowest BCUT2D eigenvalue weighted by Gasteiger charge is -2.24. The lowest BCUT2D eigenvalue weighted by atomic mass is 10.1. The SMILES string of the molecule is Cc1cccc(NC(=O)C2CCCN2S(=O)(=O)c2ccc3c(c2)CCCC(=O)N3)c1C. The molecule has 8 heteroatoms. The average Bonchev–Trinajstić information content (AvgIpc) is 3.16. The van der Waals surface area contributed by atoms with Crippen molar-refractivity contribution in [3.05, 3.63) is 53.1 Å². The molecule has 0 spiro atoms. The van der Waals surface area contributed by atoms with Crippen molar-refractivity contribution in [3.63, 3.8) is 0 Å². The Morgan fingerprint density at radius 3 is 2.74 bits per heavy atom. The van der Waals surface area contributed by atoms with Gasteiger partial charge in [0.15, 0.2) is 0 Å². The van der Waals surface area contributed by atoms with Crippen LogP contribution >= 0.6 is 0 Å². The van der Waals surface area contributed by atoms with Crippen LogP contribution in [-0.2, 0) is 26.0 Å². The van der Waals surface area contributed by atoms with Gasteiger partial charge in [-0.2, -0.15) is 4.31 Å². The van der Waals surface area contributed by atoms with E-state index in [1.807, 2.05) is 32.0 Å². The molecule has 0 bridgehead atoms. The van der Waals surface area contributed by atoms with E-state index >= 15 is 0 Å². The molecule has 164 valence electrons. The van der Waals surface area contributed by atoms with Gasteiger partial charge in [-0.25, -0.2) is 8.42 Å². The average molecular weight is 442 g/mol. The molecule has 2 aliphatic rings. The maximum absolute atomic E-state index is 13.4. The van der Waals surface area contributed by atoms with Crippen LogP contribution in [0.5, 0.6) is 0 Å². The Hall–Kier alpha value is -2.71. The number of hydrogen-bond donors (Lipinski definition) is 2. The number of rotatable bonds is 4. The largest absolute Gasteiger partial charge is 0.326 e. The van der Waals surface area contributed by atoms with Gasteiger partial charge in [-0.15, -0.1) is 0 Å². The Bertz CT molecular complexity index is 1140. The summed E-state index contributed by atoms with van der Waals surface area (Å²) in [5, 5.41) is 5.74. The molecule has 2 amide bonds. The van der Waals surface area contributed by atoms with Gasteiger partial charge in [-0.3, -0.25) is 9.59 Å². The first-order valence-electron chi connectivity index (χ1n) is 10.6. The fourth-order valence-electron chi connectivity index (χ4n) is 4.24. The van der Waals surface area contributed by atoms with Gasteiger partial charge >= 0.3 is 0 Å². The summed E-state index contributed by atoms with van der Waals surface area (Å²) in [6.07, 6.45) is 2.84. The smallest absolute Gasteiger partial charge is 0.243 e. The third kappa shape index (κ3) is 4.22. The molecule has 2 aromatic rings. The monoisotopic (exact) mass is 441 g/mol. The third-order valence-corrected chi connectivity index (χ3v) is 8.08. The fourth-order valence-corrected chi connectivity index (χ4v) is 5.95. The summed E-state index contributed by atoms with van der Waals surface area (Å²) in [5.74, 6) is -0.367. The molecule has 2 heterocycles. The van der Waals surface area contributed by atoms with E-state index in [1.54, 1.807) is 12.1 Å². The van der Waals surface area contributed by atoms with Crippen LogP contribution in [0.2, 0.25) is 0 Å². The summed E-state index contributed by atoms with van der Waals surface area (Å²) in [7, 11) is -3.84. The summed E-state index contributed by atoms with van der Waals surface area (Å²) in [5.41, 5.74) is 4.20. The van der Waals surface area contributed by atoms with Crippen LogP contribution in [0.25, 0.3) is 0 Å². The third-order valence-electron chi connectivity index (χ3n) is 6.18. The summed E-state index contributed by atoms with van der Waals surface area (Å²) in [6, 6.07) is 9.71. The van der Waals surface area contributed by atoms with E-state index in [1.165, 1.54) is 10.4 Å². The molecule has 31 heavy (non-hydrogen) atoms. The molecule has 2 aliphatic heterocycles. The van der Waals surface area contributed by atoms with Crippen LogP contribution in [0, 0.1) is 13.8 Å². The van der Waals surface area contributed by atoms with Crippen LogP contribution in [0.3, 0.4) is 0 Å². The van der Waals surface area contributed by atoms with Crippen molar-refractivity contribution in [1.82, 2.24) is 4.31 Å². The molecule has 1 atom stereocenters. The highest BCUT2D eigenvalue weighted by Gasteiger charge is 2.39. The Morgan fingerprint density at radius 2 is 1.94 bits per heavy atom. The van der Waals surface area contributed by atoms with Gasteiger partial charge in [-0.1, -0.05) is 12.1 Å². The lowest BCUT2D eigenvalue weighted by molar-refractivity contribution is -0.119. The first-order valence-corrected chi connectivity index (χ1v) is 12.0. The van der Waals surface area contributed by atoms with Crippen molar-refractivity contribution in [2.45, 2.75) is 56.9 Å². The molecule has 7 nitrogen and oxygen atoms in total. The standard InChI is InChI=1S/C23H27N3O4S/c1-15-6-3-8-19(16(15)2)25-23(28)21-9-5-13-26(21)31(29,30)18-11-12-20-17(14-18)7-4-10-22(27)24-20/h3,6,8,11-12,14,21H,4-5,7,9-10,13H2,1-2H3,(H,24,27)(H,25,28). The van der Waals surface area contributed by atoms with Gasteiger partial charge in [0.1, 0.15) is 6.04 Å². The zero-order valence-electron chi connectivity index (χ0n) is 17.8. The Balaban J connectivity index is 1.59. The lowest BCUT2D eigenvalue weighted by Crippen LogP contribution is -2.43. The van der Waals surface area contributed by atoms with E-state index in [0.717, 1.165) is 16.7 Å². The summed E-state index contributed by atoms with van der Waals surface area (Å²) < 4.78 is 28.1. The summed E-state index contributed by atoms with van der Waals surface area (Å²) in [6.45, 7) is 4.21. The number of fused-ring (bicyclic) bond motifs is 1. The van der Waals surface area contributed by atoms with Crippen LogP contribution in [0.1, 0.15) is 42.4 Å². The van der Waals surface area contributed by atoms with Crippen molar-refractivity contribution in [3.8, 4) is 0 Å². The number of sulfonamides is 1. The van der Waals surface area contributed by atoms with E-state index in [9.17, 15) is 18.0 Å². The number of nitrogens with one attached hydrogen (secondary N) is 2. The first kappa shape index (κ1) is 21.5. The Morgan fingerprint density at radius 1 is 1.13 bits per heavy atom. The maximum Gasteiger partial charge on any atom is 0.243 e. The topological polar surface area (TPSA) is 95.6 Å². The van der Waals surface area contributed by atoms with Crippen molar-refractivity contribution in [2.24, 2.45) is 0 Å². The van der Waals surface area contributed by atoms with Crippen LogP contribution < -0.4 is 10.6 Å². The number of carbonyl (C=O) groups excluding carboxylic acids is 2. The van der Waals surface area contributed by atoms with E-state index in [0.29, 0.717) is 50.0 Å². The highest BCUT2D eigenvalue weighted by atomic mass is 32.2. The minimum Gasteiger partial charge on any atom is -0.326 e. The molecule has 0 radical (unpaired) electrons. The van der Waals surface area contributed by atoms with Crippen LogP contribution in [0.15, 0.2) is 41.3 Å². The fraction of sp³-hybridized carbons (Fsp3) is 0.391. The van der Waals surface area contributed by atoms with Gasteiger partial charge in [0, 0.05) is 24.3 Å². The number of amides is 2. The number of nitrogens with zero attached hydrogens (tertiary/aromatic N) is 1. The van der Waals surface area contributed by atoms with Crippen LogP contribution in [-0.4, -0.2) is 37.1 Å². The Labute approximate surface area is 182 Å². The molecule has 0 saturated carbocycles. The molecule has 0 aliphatic carbocycles. The van der Waals surface area contributed by atoms with E-state index in [4.69, 9.17) is 0 Å². The maximum atomic E-state index is 13.4. The van der Waals surface area contributed by atoms with Crippen molar-refractivity contribution >= 4 is 33.2 Å². The zero-order valence-corrected chi connectivity index (χ0v) is 18.6. The minimum absolute atomic E-state index is 0.0583. The predicted octanol–water partition coefficient (Wildman–Crippen LogP) is 3.37. The van der Waals surface area contributed by atoms with E-state index < -0.39 is 16.1 Å². The van der Waals surface area contributed by atoms with Crippen molar-refractivity contribution in [1.29, 1.82) is 0 Å². The number of aryl methyl sites for hydroxylation is 2. The van der Waals surface area contributed by atoms with E-state index in [-0.39, 0.29) is 16.7 Å². The van der Waals surface area contributed by atoms with Crippen LogP contribution in [0.4, 0.5) is 11.4 Å². The summed E-state index contributed by atoms with van der Waals surface area (Å²) >= 11 is 0. The molecule has 2 aromatic carbocycles. The Kier molecular flexibility index (Phi) is 5.85. The minimum atomic E-state index is -3.84. The number of anilines is 2.